The predicted molar refractivity (Wildman–Crippen MR) is 110 cm³/mol. The molecule has 1 aromatic heterocycles. The molecule has 0 amide bonds. The number of aryl methyl sites for hydroxylation is 2. The first-order valence-corrected chi connectivity index (χ1v) is 9.85. The molecule has 0 radical (unpaired) electrons. The molecule has 4 heteroatoms. The van der Waals surface area contributed by atoms with E-state index in [1.807, 2.05) is 12.1 Å². The molecule has 27 heavy (non-hydrogen) atoms. The largest absolute Gasteiger partial charge is 0.493 e. The van der Waals surface area contributed by atoms with Crippen LogP contribution in [0.4, 0.5) is 0 Å². The Kier molecular flexibility index (Phi) is 5.35. The van der Waals surface area contributed by atoms with Gasteiger partial charge in [-0.15, -0.1) is 0 Å². The Morgan fingerprint density at radius 3 is 2.81 bits per heavy atom. The third-order valence-corrected chi connectivity index (χ3v) is 5.37. The van der Waals surface area contributed by atoms with E-state index in [0.717, 1.165) is 50.3 Å². The fraction of sp³-hybridized carbons (Fsp3) is 0.391. The lowest BCUT2D eigenvalue weighted by Gasteiger charge is -2.12. The summed E-state index contributed by atoms with van der Waals surface area (Å²) in [6.45, 7) is 4.86. The highest BCUT2D eigenvalue weighted by molar-refractivity contribution is 5.88. The fourth-order valence-electron chi connectivity index (χ4n) is 4.04. The molecular weight excluding hydrogens is 336 g/mol. The Morgan fingerprint density at radius 1 is 1.04 bits per heavy atom. The summed E-state index contributed by atoms with van der Waals surface area (Å²) in [7, 11) is 1.69. The Morgan fingerprint density at radius 2 is 1.93 bits per heavy atom. The van der Waals surface area contributed by atoms with Crippen molar-refractivity contribution in [2.75, 3.05) is 26.8 Å². The molecule has 3 aromatic rings. The van der Waals surface area contributed by atoms with Crippen LogP contribution >= 0.6 is 0 Å². The van der Waals surface area contributed by atoms with Gasteiger partial charge in [0.15, 0.2) is 11.5 Å². The van der Waals surface area contributed by atoms with Crippen molar-refractivity contribution >= 4 is 10.9 Å². The van der Waals surface area contributed by atoms with Gasteiger partial charge >= 0.3 is 0 Å². The lowest BCUT2D eigenvalue weighted by Crippen LogP contribution is -2.16. The van der Waals surface area contributed by atoms with Crippen LogP contribution in [0.15, 0.2) is 36.4 Å². The van der Waals surface area contributed by atoms with Crippen LogP contribution in [-0.4, -0.2) is 31.8 Å². The maximum Gasteiger partial charge on any atom is 0.161 e. The van der Waals surface area contributed by atoms with E-state index < -0.39 is 0 Å². The first-order chi connectivity index (χ1) is 13.3. The third-order valence-electron chi connectivity index (χ3n) is 5.37. The van der Waals surface area contributed by atoms with Gasteiger partial charge in [-0.1, -0.05) is 18.2 Å². The molecule has 0 saturated carbocycles. The van der Waals surface area contributed by atoms with Crippen LogP contribution < -0.4 is 14.8 Å². The van der Waals surface area contributed by atoms with E-state index >= 15 is 0 Å². The molecule has 4 nitrogen and oxygen atoms in total. The zero-order chi connectivity index (χ0) is 18.6. The molecule has 0 atom stereocenters. The Labute approximate surface area is 160 Å². The average Bonchev–Trinajstić information content (AvgIpc) is 2.88. The number of aromatic nitrogens is 1. The number of H-pyrrole nitrogens is 1. The second-order valence-electron chi connectivity index (χ2n) is 7.28. The van der Waals surface area contributed by atoms with Gasteiger partial charge in [0.05, 0.1) is 13.7 Å². The molecular formula is C23H28N2O2. The van der Waals surface area contributed by atoms with Gasteiger partial charge in [0.2, 0.25) is 0 Å². The van der Waals surface area contributed by atoms with Crippen molar-refractivity contribution in [3.8, 4) is 11.5 Å². The molecule has 1 aliphatic rings. The van der Waals surface area contributed by atoms with Crippen LogP contribution in [0.25, 0.3) is 10.9 Å². The predicted octanol–water partition coefficient (Wildman–Crippen LogP) is 4.18. The number of rotatable bonds is 6. The van der Waals surface area contributed by atoms with E-state index in [2.05, 4.69) is 41.5 Å². The fourth-order valence-corrected chi connectivity index (χ4v) is 4.04. The van der Waals surface area contributed by atoms with Crippen LogP contribution in [-0.2, 0) is 19.3 Å². The van der Waals surface area contributed by atoms with Crippen molar-refractivity contribution in [1.82, 2.24) is 10.3 Å². The summed E-state index contributed by atoms with van der Waals surface area (Å²) in [5.74, 6) is 1.63. The van der Waals surface area contributed by atoms with Crippen molar-refractivity contribution in [3.63, 3.8) is 0 Å². The monoisotopic (exact) mass is 364 g/mol. The van der Waals surface area contributed by atoms with E-state index in [1.54, 1.807) is 7.11 Å². The van der Waals surface area contributed by atoms with Gasteiger partial charge in [-0.25, -0.2) is 0 Å². The number of hydrogen-bond donors (Lipinski definition) is 2. The smallest absolute Gasteiger partial charge is 0.161 e. The maximum atomic E-state index is 5.99. The minimum atomic E-state index is 0.685. The second-order valence-corrected chi connectivity index (χ2v) is 7.28. The molecule has 0 saturated heterocycles. The van der Waals surface area contributed by atoms with Crippen LogP contribution in [0.5, 0.6) is 11.5 Å². The molecule has 2 N–H and O–H groups in total. The summed E-state index contributed by atoms with van der Waals surface area (Å²) < 4.78 is 11.4. The van der Waals surface area contributed by atoms with Crippen molar-refractivity contribution in [2.24, 2.45) is 0 Å². The minimum absolute atomic E-state index is 0.685. The van der Waals surface area contributed by atoms with Gasteiger partial charge in [-0.05, 0) is 67.6 Å². The number of fused-ring (bicyclic) bond motifs is 3. The molecule has 0 aliphatic carbocycles. The van der Waals surface area contributed by atoms with E-state index in [4.69, 9.17) is 9.47 Å². The minimum Gasteiger partial charge on any atom is -0.493 e. The topological polar surface area (TPSA) is 46.3 Å². The van der Waals surface area contributed by atoms with E-state index in [0.29, 0.717) is 6.61 Å². The van der Waals surface area contributed by atoms with Crippen LogP contribution in [0.1, 0.15) is 28.8 Å². The summed E-state index contributed by atoms with van der Waals surface area (Å²) in [6, 6.07) is 12.7. The highest BCUT2D eigenvalue weighted by Crippen LogP contribution is 2.30. The van der Waals surface area contributed by atoms with E-state index in [1.165, 1.54) is 33.3 Å². The molecule has 0 bridgehead atoms. The van der Waals surface area contributed by atoms with Gasteiger partial charge in [0, 0.05) is 29.6 Å². The molecule has 0 fully saturated rings. The number of nitrogens with one attached hydrogen (secondary N) is 2. The lowest BCUT2D eigenvalue weighted by atomic mass is 9.99. The molecule has 142 valence electrons. The number of ether oxygens (including phenoxy) is 2. The second kappa shape index (κ2) is 8.05. The standard InChI is InChI=1S/C23H28N2O2/c1-16-8-9-21(22(15-16)26-2)27-14-4-6-17-5-3-7-20-23(17)18-10-12-24-13-11-19(18)25-20/h3,5,7-9,15,24-25H,4,6,10-14H2,1-2H3. The summed E-state index contributed by atoms with van der Waals surface area (Å²) in [5, 5.41) is 4.93. The average molecular weight is 364 g/mol. The maximum absolute atomic E-state index is 5.99. The molecule has 0 spiro atoms. The van der Waals surface area contributed by atoms with Crippen molar-refractivity contribution in [1.29, 1.82) is 0 Å². The van der Waals surface area contributed by atoms with E-state index in [-0.39, 0.29) is 0 Å². The third kappa shape index (κ3) is 3.81. The quantitative estimate of drug-likeness (QED) is 0.645. The SMILES string of the molecule is COc1cc(C)ccc1OCCCc1cccc2[nH]c3c(c12)CCNCC3. The molecule has 4 rings (SSSR count). The number of methoxy groups -OCH3 is 1. The Bertz CT molecular complexity index is 930. The van der Waals surface area contributed by atoms with Crippen molar-refractivity contribution in [3.05, 3.63) is 58.8 Å². The summed E-state index contributed by atoms with van der Waals surface area (Å²) >= 11 is 0. The van der Waals surface area contributed by atoms with Crippen molar-refractivity contribution in [2.45, 2.75) is 32.6 Å². The lowest BCUT2D eigenvalue weighted by molar-refractivity contribution is 0.289. The van der Waals surface area contributed by atoms with Crippen molar-refractivity contribution < 1.29 is 9.47 Å². The van der Waals surface area contributed by atoms with Gasteiger partial charge in [0.1, 0.15) is 0 Å². The van der Waals surface area contributed by atoms with Gasteiger partial charge in [0.25, 0.3) is 0 Å². The Hall–Kier alpha value is -2.46. The number of aromatic amines is 1. The first-order valence-electron chi connectivity index (χ1n) is 9.85. The first kappa shape index (κ1) is 17.9. The van der Waals surface area contributed by atoms with Gasteiger partial charge in [-0.3, -0.25) is 0 Å². The van der Waals surface area contributed by atoms with Gasteiger partial charge < -0.3 is 19.8 Å². The van der Waals surface area contributed by atoms with Gasteiger partial charge in [-0.2, -0.15) is 0 Å². The highest BCUT2D eigenvalue weighted by atomic mass is 16.5. The van der Waals surface area contributed by atoms with E-state index in [9.17, 15) is 0 Å². The summed E-state index contributed by atoms with van der Waals surface area (Å²) in [4.78, 5) is 3.65. The molecule has 1 aliphatic heterocycles. The Balaban J connectivity index is 1.46. The zero-order valence-electron chi connectivity index (χ0n) is 16.2. The molecule has 2 heterocycles. The number of hydrogen-bond acceptors (Lipinski definition) is 3. The normalized spacial score (nSPS) is 14.0. The molecule has 2 aromatic carbocycles. The van der Waals surface area contributed by atoms with Crippen LogP contribution in [0.3, 0.4) is 0 Å². The highest BCUT2D eigenvalue weighted by Gasteiger charge is 2.16. The van der Waals surface area contributed by atoms with Crippen LogP contribution in [0.2, 0.25) is 0 Å². The molecule has 0 unspecified atom stereocenters. The number of benzene rings is 2. The zero-order valence-corrected chi connectivity index (χ0v) is 16.2. The van der Waals surface area contributed by atoms with Crippen LogP contribution in [0, 0.1) is 6.92 Å². The summed E-state index contributed by atoms with van der Waals surface area (Å²) in [6.07, 6.45) is 4.18. The summed E-state index contributed by atoms with van der Waals surface area (Å²) in [5.41, 5.74) is 6.79.